The molecule has 2 atom stereocenters. The average molecular weight is 268 g/mol. The highest BCUT2D eigenvalue weighted by Gasteiger charge is 2.26. The van der Waals surface area contributed by atoms with Gasteiger partial charge in [0.05, 0.1) is 11.0 Å². The number of benzene rings is 1. The monoisotopic (exact) mass is 268 g/mol. The molecule has 100 valence electrons. The Balaban J connectivity index is 2.09. The molecular formula is C14H20O3S. The van der Waals surface area contributed by atoms with E-state index in [0.717, 1.165) is 24.8 Å². The summed E-state index contributed by atoms with van der Waals surface area (Å²) in [5, 5.41) is 0. The maximum absolute atomic E-state index is 12.1. The summed E-state index contributed by atoms with van der Waals surface area (Å²) in [6.07, 6.45) is 3.75. The first-order chi connectivity index (χ1) is 8.47. The molecule has 2 unspecified atom stereocenters. The topological polar surface area (TPSA) is 43.4 Å². The second-order valence-corrected chi connectivity index (χ2v) is 6.83. The number of hydrogen-bond donors (Lipinski definition) is 0. The van der Waals surface area contributed by atoms with Gasteiger partial charge >= 0.3 is 0 Å². The lowest BCUT2D eigenvalue weighted by Gasteiger charge is -2.26. The third kappa shape index (κ3) is 3.33. The van der Waals surface area contributed by atoms with Gasteiger partial charge in [0.2, 0.25) is 0 Å². The Morgan fingerprint density at radius 1 is 1.17 bits per heavy atom. The van der Waals surface area contributed by atoms with Crippen molar-refractivity contribution >= 4 is 10.1 Å². The normalized spacial score (nSPS) is 25.0. The first-order valence-corrected chi connectivity index (χ1v) is 7.88. The van der Waals surface area contributed by atoms with Crippen molar-refractivity contribution in [2.24, 2.45) is 5.92 Å². The van der Waals surface area contributed by atoms with Crippen molar-refractivity contribution in [3.8, 4) is 0 Å². The zero-order chi connectivity index (χ0) is 13.2. The lowest BCUT2D eigenvalue weighted by atomic mass is 9.89. The van der Waals surface area contributed by atoms with Crippen molar-refractivity contribution in [1.82, 2.24) is 0 Å². The first kappa shape index (κ1) is 13.6. The summed E-state index contributed by atoms with van der Waals surface area (Å²) in [6.45, 7) is 4.08. The molecule has 1 aliphatic rings. The van der Waals surface area contributed by atoms with Crippen LogP contribution in [0.5, 0.6) is 0 Å². The van der Waals surface area contributed by atoms with Crippen LogP contribution in [0.4, 0.5) is 0 Å². The van der Waals surface area contributed by atoms with Crippen LogP contribution in [0.15, 0.2) is 29.2 Å². The van der Waals surface area contributed by atoms with Crippen LogP contribution >= 0.6 is 0 Å². The fourth-order valence-electron chi connectivity index (χ4n) is 2.41. The van der Waals surface area contributed by atoms with Crippen molar-refractivity contribution in [2.45, 2.75) is 50.5 Å². The predicted octanol–water partition coefficient (Wildman–Crippen LogP) is 3.28. The Morgan fingerprint density at radius 2 is 1.83 bits per heavy atom. The lowest BCUT2D eigenvalue weighted by molar-refractivity contribution is 0.136. The van der Waals surface area contributed by atoms with Gasteiger partial charge in [0.1, 0.15) is 0 Å². The van der Waals surface area contributed by atoms with Crippen molar-refractivity contribution in [2.75, 3.05) is 0 Å². The van der Waals surface area contributed by atoms with Crippen LogP contribution in [0, 0.1) is 12.8 Å². The summed E-state index contributed by atoms with van der Waals surface area (Å²) in [5.74, 6) is 0.553. The molecule has 0 bridgehead atoms. The van der Waals surface area contributed by atoms with Crippen molar-refractivity contribution < 1.29 is 12.6 Å². The molecule has 0 heterocycles. The van der Waals surface area contributed by atoms with Crippen LogP contribution in [-0.4, -0.2) is 14.5 Å². The van der Waals surface area contributed by atoms with Gasteiger partial charge in [-0.15, -0.1) is 0 Å². The Kier molecular flexibility index (Phi) is 4.07. The minimum absolute atomic E-state index is 0.153. The molecule has 0 aliphatic heterocycles. The average Bonchev–Trinajstić information content (AvgIpc) is 2.29. The lowest BCUT2D eigenvalue weighted by Crippen LogP contribution is -2.24. The highest BCUT2D eigenvalue weighted by Crippen LogP contribution is 2.28. The van der Waals surface area contributed by atoms with Gasteiger partial charge in [-0.05, 0) is 37.8 Å². The van der Waals surface area contributed by atoms with E-state index < -0.39 is 10.1 Å². The molecule has 4 heteroatoms. The molecule has 1 fully saturated rings. The van der Waals surface area contributed by atoms with E-state index >= 15 is 0 Å². The van der Waals surface area contributed by atoms with Crippen LogP contribution < -0.4 is 0 Å². The summed E-state index contributed by atoms with van der Waals surface area (Å²) in [7, 11) is -3.60. The predicted molar refractivity (Wildman–Crippen MR) is 70.9 cm³/mol. The van der Waals surface area contributed by atoms with Gasteiger partial charge in [0.25, 0.3) is 10.1 Å². The van der Waals surface area contributed by atoms with Crippen LogP contribution in [0.25, 0.3) is 0 Å². The van der Waals surface area contributed by atoms with Crippen LogP contribution in [0.1, 0.15) is 38.2 Å². The molecular weight excluding hydrogens is 248 g/mol. The fraction of sp³-hybridized carbons (Fsp3) is 0.571. The van der Waals surface area contributed by atoms with E-state index in [9.17, 15) is 8.42 Å². The first-order valence-electron chi connectivity index (χ1n) is 6.47. The Bertz CT molecular complexity index is 490. The van der Waals surface area contributed by atoms with Crippen molar-refractivity contribution in [3.63, 3.8) is 0 Å². The van der Waals surface area contributed by atoms with Crippen LogP contribution in [0.3, 0.4) is 0 Å². The van der Waals surface area contributed by atoms with Gasteiger partial charge in [-0.25, -0.2) is 0 Å². The van der Waals surface area contributed by atoms with E-state index in [1.807, 2.05) is 6.92 Å². The quantitative estimate of drug-likeness (QED) is 0.790. The highest BCUT2D eigenvalue weighted by atomic mass is 32.2. The number of hydrogen-bond acceptors (Lipinski definition) is 3. The van der Waals surface area contributed by atoms with Gasteiger partial charge in [0, 0.05) is 0 Å². The van der Waals surface area contributed by atoms with Crippen molar-refractivity contribution in [3.05, 3.63) is 29.8 Å². The van der Waals surface area contributed by atoms with E-state index in [0.29, 0.717) is 5.92 Å². The molecule has 2 rings (SSSR count). The minimum atomic E-state index is -3.60. The van der Waals surface area contributed by atoms with Crippen molar-refractivity contribution in [1.29, 1.82) is 0 Å². The summed E-state index contributed by atoms with van der Waals surface area (Å²) in [4.78, 5) is 0.256. The summed E-state index contributed by atoms with van der Waals surface area (Å²) < 4.78 is 29.5. The van der Waals surface area contributed by atoms with E-state index in [1.165, 1.54) is 6.42 Å². The maximum Gasteiger partial charge on any atom is 0.297 e. The van der Waals surface area contributed by atoms with Gasteiger partial charge in [-0.2, -0.15) is 8.42 Å². The summed E-state index contributed by atoms with van der Waals surface area (Å²) in [6, 6.07) is 6.80. The Labute approximate surface area is 109 Å². The molecule has 1 aliphatic carbocycles. The van der Waals surface area contributed by atoms with Crippen LogP contribution in [-0.2, 0) is 14.3 Å². The number of aryl methyl sites for hydroxylation is 1. The molecule has 18 heavy (non-hydrogen) atoms. The molecule has 1 saturated carbocycles. The smallest absolute Gasteiger partial charge is 0.263 e. The molecule has 0 N–H and O–H groups in total. The molecule has 0 saturated heterocycles. The Hall–Kier alpha value is -0.870. The second kappa shape index (κ2) is 5.41. The molecule has 1 aromatic rings. The van der Waals surface area contributed by atoms with Gasteiger partial charge in [-0.3, -0.25) is 4.18 Å². The summed E-state index contributed by atoms with van der Waals surface area (Å²) in [5.41, 5.74) is 1.04. The third-order valence-electron chi connectivity index (χ3n) is 3.46. The molecule has 0 amide bonds. The van der Waals surface area contributed by atoms with E-state index in [2.05, 4.69) is 6.92 Å². The molecule has 0 radical (unpaired) electrons. The van der Waals surface area contributed by atoms with Gasteiger partial charge < -0.3 is 0 Å². The van der Waals surface area contributed by atoms with Crippen LogP contribution in [0.2, 0.25) is 0 Å². The molecule has 0 aromatic heterocycles. The fourth-order valence-corrected chi connectivity index (χ4v) is 3.52. The van der Waals surface area contributed by atoms with Gasteiger partial charge in [0.15, 0.2) is 0 Å². The van der Waals surface area contributed by atoms with E-state index in [1.54, 1.807) is 24.3 Å². The second-order valence-electron chi connectivity index (χ2n) is 5.26. The van der Waals surface area contributed by atoms with E-state index in [4.69, 9.17) is 4.18 Å². The summed E-state index contributed by atoms with van der Waals surface area (Å²) >= 11 is 0. The van der Waals surface area contributed by atoms with Gasteiger partial charge in [-0.1, -0.05) is 37.5 Å². The zero-order valence-electron chi connectivity index (χ0n) is 10.9. The molecule has 3 nitrogen and oxygen atoms in total. The SMILES string of the molecule is Cc1ccc(S(=O)(=O)OC2CCCC(C)C2)cc1. The third-order valence-corrected chi connectivity index (χ3v) is 4.84. The Morgan fingerprint density at radius 3 is 2.44 bits per heavy atom. The zero-order valence-corrected chi connectivity index (χ0v) is 11.7. The molecule has 1 aromatic carbocycles. The number of rotatable bonds is 3. The standard InChI is InChI=1S/C14H20O3S/c1-11-6-8-14(9-7-11)18(15,16)17-13-5-3-4-12(2)10-13/h6-9,12-13H,3-5,10H2,1-2H3. The largest absolute Gasteiger partial charge is 0.297 e. The maximum atomic E-state index is 12.1. The minimum Gasteiger partial charge on any atom is -0.263 e. The van der Waals surface area contributed by atoms with E-state index in [-0.39, 0.29) is 11.0 Å². The molecule has 0 spiro atoms. The highest BCUT2D eigenvalue weighted by molar-refractivity contribution is 7.86.